The Labute approximate surface area is 76.9 Å². The summed E-state index contributed by atoms with van der Waals surface area (Å²) in [5.41, 5.74) is 0.852. The van der Waals surface area contributed by atoms with Crippen LogP contribution in [0.3, 0.4) is 0 Å². The van der Waals surface area contributed by atoms with E-state index in [-0.39, 0.29) is 5.69 Å². The van der Waals surface area contributed by atoms with E-state index in [0.717, 1.165) is 12.0 Å². The van der Waals surface area contributed by atoms with Gasteiger partial charge in [0.15, 0.2) is 0 Å². The number of nitrogens with zero attached hydrogens (tertiary/aromatic N) is 1. The number of nitro benzene ring substituents is 1. The predicted molar refractivity (Wildman–Crippen MR) is 50.3 cm³/mol. The van der Waals surface area contributed by atoms with Crippen LogP contribution >= 0.6 is 0 Å². The van der Waals surface area contributed by atoms with Crippen LogP contribution in [0.4, 0.5) is 5.69 Å². The zero-order valence-electron chi connectivity index (χ0n) is 7.36. The van der Waals surface area contributed by atoms with Gasteiger partial charge in [0.05, 0.1) is 4.92 Å². The Morgan fingerprint density at radius 2 is 2.38 bits per heavy atom. The first-order valence-corrected chi connectivity index (χ1v) is 4.06. The van der Waals surface area contributed by atoms with Gasteiger partial charge in [-0.15, -0.1) is 0 Å². The summed E-state index contributed by atoms with van der Waals surface area (Å²) in [6.45, 7) is 1.99. The molecule has 67 valence electrons. The van der Waals surface area contributed by atoms with Gasteiger partial charge in [0, 0.05) is 12.1 Å². The van der Waals surface area contributed by atoms with Gasteiger partial charge < -0.3 is 0 Å². The quantitative estimate of drug-likeness (QED) is 0.525. The van der Waals surface area contributed by atoms with E-state index in [1.165, 1.54) is 12.1 Å². The van der Waals surface area contributed by atoms with E-state index >= 15 is 0 Å². The number of benzene rings is 1. The van der Waals surface area contributed by atoms with Gasteiger partial charge >= 0.3 is 0 Å². The maximum Gasteiger partial charge on any atom is 0.270 e. The van der Waals surface area contributed by atoms with Crippen molar-refractivity contribution in [3.8, 4) is 0 Å². The van der Waals surface area contributed by atoms with Gasteiger partial charge in [0.1, 0.15) is 0 Å². The van der Waals surface area contributed by atoms with Gasteiger partial charge in [-0.25, -0.2) is 0 Å². The number of rotatable bonds is 3. The van der Waals surface area contributed by atoms with Crippen molar-refractivity contribution in [1.29, 1.82) is 0 Å². The second kappa shape index (κ2) is 4.40. The number of hydrogen-bond donors (Lipinski definition) is 0. The molecule has 0 aromatic heterocycles. The largest absolute Gasteiger partial charge is 0.270 e. The highest BCUT2D eigenvalue weighted by atomic mass is 16.6. The molecule has 1 aromatic carbocycles. The van der Waals surface area contributed by atoms with Crippen molar-refractivity contribution in [3.63, 3.8) is 0 Å². The Morgan fingerprint density at radius 3 is 3.00 bits per heavy atom. The van der Waals surface area contributed by atoms with Crippen LogP contribution in [0.25, 0.3) is 0 Å². The van der Waals surface area contributed by atoms with Gasteiger partial charge in [-0.2, -0.15) is 0 Å². The lowest BCUT2D eigenvalue weighted by Crippen LogP contribution is -1.87. The van der Waals surface area contributed by atoms with E-state index in [4.69, 9.17) is 0 Å². The molecule has 0 saturated heterocycles. The fraction of sp³-hybridized carbons (Fsp3) is 0.200. The molecule has 13 heavy (non-hydrogen) atoms. The van der Waals surface area contributed by atoms with Crippen molar-refractivity contribution in [2.45, 2.75) is 13.3 Å². The Balaban J connectivity index is 2.92. The van der Waals surface area contributed by atoms with Gasteiger partial charge in [0.25, 0.3) is 5.69 Å². The number of non-ortho nitro benzene ring substituents is 1. The van der Waals surface area contributed by atoms with E-state index in [2.05, 4.69) is 6.08 Å². The molecule has 1 radical (unpaired) electrons. The topological polar surface area (TPSA) is 43.1 Å². The lowest BCUT2D eigenvalue weighted by Gasteiger charge is -1.92. The Kier molecular flexibility index (Phi) is 3.20. The van der Waals surface area contributed by atoms with Crippen LogP contribution in [0.5, 0.6) is 0 Å². The summed E-state index contributed by atoms with van der Waals surface area (Å²) < 4.78 is 0. The van der Waals surface area contributed by atoms with Gasteiger partial charge in [0.2, 0.25) is 0 Å². The summed E-state index contributed by atoms with van der Waals surface area (Å²) in [4.78, 5) is 9.99. The minimum Gasteiger partial charge on any atom is -0.258 e. The van der Waals surface area contributed by atoms with E-state index in [1.54, 1.807) is 12.1 Å². The molecule has 0 amide bonds. The Hall–Kier alpha value is -1.64. The van der Waals surface area contributed by atoms with Gasteiger partial charge in [-0.3, -0.25) is 10.1 Å². The van der Waals surface area contributed by atoms with Crippen LogP contribution in [-0.2, 0) is 0 Å². The van der Waals surface area contributed by atoms with Crippen molar-refractivity contribution in [2.24, 2.45) is 0 Å². The number of hydrogen-bond acceptors (Lipinski definition) is 2. The van der Waals surface area contributed by atoms with Crippen molar-refractivity contribution in [2.75, 3.05) is 0 Å². The summed E-state index contributed by atoms with van der Waals surface area (Å²) in [5.74, 6) is 0. The lowest BCUT2D eigenvalue weighted by atomic mass is 10.2. The normalized spacial score (nSPS) is 10.5. The maximum absolute atomic E-state index is 10.4. The molecule has 0 aliphatic carbocycles. The zero-order valence-corrected chi connectivity index (χ0v) is 7.36. The second-order valence-corrected chi connectivity index (χ2v) is 2.56. The molecule has 0 aliphatic heterocycles. The average Bonchev–Trinajstić information content (AvgIpc) is 2.15. The minimum atomic E-state index is -0.406. The molecule has 0 unspecified atom stereocenters. The minimum absolute atomic E-state index is 0.106. The summed E-state index contributed by atoms with van der Waals surface area (Å²) >= 11 is 0. The summed E-state index contributed by atoms with van der Waals surface area (Å²) in [6.07, 6.45) is 5.68. The van der Waals surface area contributed by atoms with Crippen molar-refractivity contribution >= 4 is 5.69 Å². The molecule has 3 heteroatoms. The smallest absolute Gasteiger partial charge is 0.258 e. The van der Waals surface area contributed by atoms with Gasteiger partial charge in [-0.05, 0) is 18.1 Å². The lowest BCUT2D eigenvalue weighted by molar-refractivity contribution is -0.384. The van der Waals surface area contributed by atoms with Crippen LogP contribution in [0.15, 0.2) is 30.3 Å². The van der Waals surface area contributed by atoms with E-state index in [9.17, 15) is 10.1 Å². The molecule has 0 N–H and O–H groups in total. The molecular weight excluding hydrogens is 166 g/mol. The molecule has 1 aromatic rings. The predicted octanol–water partition coefficient (Wildman–Crippen LogP) is 2.71. The highest BCUT2D eigenvalue weighted by Gasteiger charge is 2.03. The van der Waals surface area contributed by atoms with E-state index in [0.29, 0.717) is 0 Å². The van der Waals surface area contributed by atoms with Crippen LogP contribution in [0, 0.1) is 16.2 Å². The second-order valence-electron chi connectivity index (χ2n) is 2.56. The Bertz CT molecular complexity index is 331. The number of allylic oxidation sites excluding steroid dienone is 1. The molecule has 0 heterocycles. The maximum atomic E-state index is 10.4. The summed E-state index contributed by atoms with van der Waals surface area (Å²) in [5, 5.41) is 10.4. The summed E-state index contributed by atoms with van der Waals surface area (Å²) in [6, 6.07) is 6.42. The SMILES string of the molecule is CC/C=[C]\c1cccc([N+](=O)[O-])c1. The monoisotopic (exact) mass is 176 g/mol. The fourth-order valence-corrected chi connectivity index (χ4v) is 0.929. The van der Waals surface area contributed by atoms with E-state index in [1.807, 2.05) is 13.0 Å². The van der Waals surface area contributed by atoms with Crippen LogP contribution < -0.4 is 0 Å². The van der Waals surface area contributed by atoms with Crippen molar-refractivity contribution in [3.05, 3.63) is 52.1 Å². The van der Waals surface area contributed by atoms with E-state index < -0.39 is 4.92 Å². The third kappa shape index (κ3) is 2.71. The first kappa shape index (κ1) is 9.45. The molecule has 1 rings (SSSR count). The molecule has 0 aliphatic rings. The molecule has 0 saturated carbocycles. The molecule has 3 nitrogen and oxygen atoms in total. The highest BCUT2D eigenvalue weighted by Crippen LogP contribution is 2.12. The van der Waals surface area contributed by atoms with Gasteiger partial charge in [-0.1, -0.05) is 25.1 Å². The molecule has 0 atom stereocenters. The third-order valence-electron chi connectivity index (χ3n) is 1.53. The third-order valence-corrected chi connectivity index (χ3v) is 1.53. The average molecular weight is 176 g/mol. The summed E-state index contributed by atoms with van der Waals surface area (Å²) in [7, 11) is 0. The highest BCUT2D eigenvalue weighted by molar-refractivity contribution is 5.36. The molecular formula is C10H10NO2. The first-order chi connectivity index (χ1) is 6.24. The fourth-order valence-electron chi connectivity index (χ4n) is 0.929. The molecule has 0 bridgehead atoms. The van der Waals surface area contributed by atoms with Crippen LogP contribution in [0.2, 0.25) is 0 Å². The molecule has 0 spiro atoms. The van der Waals surface area contributed by atoms with Crippen LogP contribution in [0.1, 0.15) is 18.9 Å². The van der Waals surface area contributed by atoms with Crippen LogP contribution in [-0.4, -0.2) is 4.92 Å². The Morgan fingerprint density at radius 1 is 1.62 bits per heavy atom. The number of nitro groups is 1. The zero-order chi connectivity index (χ0) is 9.68. The van der Waals surface area contributed by atoms with Crippen molar-refractivity contribution < 1.29 is 4.92 Å². The molecule has 0 fully saturated rings. The van der Waals surface area contributed by atoms with Crippen molar-refractivity contribution in [1.82, 2.24) is 0 Å². The first-order valence-electron chi connectivity index (χ1n) is 4.06. The standard InChI is InChI=1S/C10H10NO2/c1-2-3-5-9-6-4-7-10(8-9)11(12)13/h3-4,6-8H,2H2,1H3.